The van der Waals surface area contributed by atoms with Crippen molar-refractivity contribution in [1.29, 1.82) is 0 Å². The first kappa shape index (κ1) is 8.81. The lowest BCUT2D eigenvalue weighted by Crippen LogP contribution is -1.78. The maximum absolute atomic E-state index is 5.87. The van der Waals surface area contributed by atoms with Crippen molar-refractivity contribution >= 4 is 50.1 Å². The predicted octanol–water partition coefficient (Wildman–Crippen LogP) is 4.04. The highest BCUT2D eigenvalue weighted by Crippen LogP contribution is 2.22. The molecule has 0 amide bonds. The van der Waals surface area contributed by atoms with E-state index in [-0.39, 0.29) is 0 Å². The third-order valence-corrected chi connectivity index (χ3v) is 2.84. The normalized spacial score (nSPS) is 9.90. The molecular formula is C7H5BrClI. The molecule has 0 nitrogen and oxygen atoms in total. The van der Waals surface area contributed by atoms with E-state index in [9.17, 15) is 0 Å². The molecule has 0 atom stereocenters. The molecule has 3 heteroatoms. The number of hydrogen-bond acceptors (Lipinski definition) is 0. The van der Waals surface area contributed by atoms with Crippen LogP contribution in [-0.4, -0.2) is 0 Å². The Balaban J connectivity index is 3.09. The van der Waals surface area contributed by atoms with E-state index in [1.807, 2.05) is 18.2 Å². The van der Waals surface area contributed by atoms with E-state index in [2.05, 4.69) is 38.5 Å². The zero-order valence-electron chi connectivity index (χ0n) is 5.07. The maximum atomic E-state index is 5.87. The van der Waals surface area contributed by atoms with Crippen molar-refractivity contribution < 1.29 is 0 Å². The summed E-state index contributed by atoms with van der Waals surface area (Å²) in [7, 11) is 0. The Morgan fingerprint density at radius 1 is 1.50 bits per heavy atom. The molecule has 0 saturated carbocycles. The number of halogens is 3. The zero-order chi connectivity index (χ0) is 7.56. The number of hydrogen-bond donors (Lipinski definition) is 0. The first-order valence-corrected chi connectivity index (χ1v) is 5.43. The summed E-state index contributed by atoms with van der Waals surface area (Å²) in [5, 5.41) is 0.845. The van der Waals surface area contributed by atoms with Gasteiger partial charge < -0.3 is 0 Å². The third-order valence-electron chi connectivity index (χ3n) is 1.15. The van der Waals surface area contributed by atoms with Crippen LogP contribution in [0.25, 0.3) is 0 Å². The molecule has 10 heavy (non-hydrogen) atoms. The van der Waals surface area contributed by atoms with Gasteiger partial charge in [0.1, 0.15) is 0 Å². The fraction of sp³-hybridized carbons (Fsp3) is 0.143. The van der Waals surface area contributed by atoms with Gasteiger partial charge in [-0.2, -0.15) is 0 Å². The van der Waals surface area contributed by atoms with Crippen molar-refractivity contribution in [2.45, 2.75) is 4.43 Å². The van der Waals surface area contributed by atoms with Gasteiger partial charge in [0.2, 0.25) is 0 Å². The van der Waals surface area contributed by atoms with Crippen molar-refractivity contribution in [3.05, 3.63) is 33.3 Å². The van der Waals surface area contributed by atoms with Crippen molar-refractivity contribution in [3.8, 4) is 0 Å². The van der Waals surface area contributed by atoms with E-state index in [1.165, 1.54) is 5.56 Å². The zero-order valence-corrected chi connectivity index (χ0v) is 9.57. The Bertz CT molecular complexity index is 237. The van der Waals surface area contributed by atoms with Crippen molar-refractivity contribution in [3.63, 3.8) is 0 Å². The molecule has 0 N–H and O–H groups in total. The minimum absolute atomic E-state index is 0.845. The molecule has 0 aliphatic carbocycles. The summed E-state index contributed by atoms with van der Waals surface area (Å²) >= 11 is 11.5. The fourth-order valence-corrected chi connectivity index (χ4v) is 2.10. The molecule has 0 saturated heterocycles. The van der Waals surface area contributed by atoms with Crippen molar-refractivity contribution in [1.82, 2.24) is 0 Å². The molecule has 1 rings (SSSR count). The highest BCUT2D eigenvalue weighted by atomic mass is 127. The summed E-state index contributed by atoms with van der Waals surface area (Å²) in [6.07, 6.45) is 0. The van der Waals surface area contributed by atoms with Crippen molar-refractivity contribution in [2.24, 2.45) is 0 Å². The molecule has 54 valence electrons. The van der Waals surface area contributed by atoms with Gasteiger partial charge in [0.05, 0.1) is 0 Å². The summed E-state index contributed by atoms with van der Waals surface area (Å²) in [6, 6.07) is 5.88. The van der Waals surface area contributed by atoms with E-state index in [0.29, 0.717) is 0 Å². The third kappa shape index (κ3) is 2.10. The van der Waals surface area contributed by atoms with E-state index in [0.717, 1.165) is 13.9 Å². The lowest BCUT2D eigenvalue weighted by Gasteiger charge is -1.98. The van der Waals surface area contributed by atoms with E-state index in [1.54, 1.807) is 0 Å². The van der Waals surface area contributed by atoms with Gasteiger partial charge in [-0.3, -0.25) is 0 Å². The second-order valence-corrected chi connectivity index (χ2v) is 3.96. The second-order valence-electron chi connectivity index (χ2n) is 1.87. The Morgan fingerprint density at radius 2 is 2.20 bits per heavy atom. The summed E-state index contributed by atoms with van der Waals surface area (Å²) < 4.78 is 2.04. The van der Waals surface area contributed by atoms with Gasteiger partial charge in [-0.25, -0.2) is 0 Å². The molecule has 0 radical (unpaired) electrons. The van der Waals surface area contributed by atoms with E-state index in [4.69, 9.17) is 11.6 Å². The molecule has 0 fully saturated rings. The Labute approximate surface area is 87.2 Å². The molecule has 1 aromatic rings. The predicted molar refractivity (Wildman–Crippen MR) is 56.9 cm³/mol. The van der Waals surface area contributed by atoms with E-state index >= 15 is 0 Å². The fourth-order valence-electron chi connectivity index (χ4n) is 0.646. The van der Waals surface area contributed by atoms with Crippen molar-refractivity contribution in [2.75, 3.05) is 0 Å². The Kier molecular flexibility index (Phi) is 3.46. The standard InChI is InChI=1S/C7H5BrClI/c8-6-1-2-7(9)5(3-6)4-10/h1-3H,4H2. The van der Waals surface area contributed by atoms with Gasteiger partial charge in [0.25, 0.3) is 0 Å². The number of rotatable bonds is 1. The monoisotopic (exact) mass is 330 g/mol. The number of benzene rings is 1. The van der Waals surface area contributed by atoms with E-state index < -0.39 is 0 Å². The topological polar surface area (TPSA) is 0 Å². The molecular weight excluding hydrogens is 326 g/mol. The molecule has 0 heterocycles. The summed E-state index contributed by atoms with van der Waals surface area (Å²) in [5.41, 5.74) is 1.18. The van der Waals surface area contributed by atoms with Crippen LogP contribution in [0.2, 0.25) is 5.02 Å². The second kappa shape index (κ2) is 3.93. The molecule has 0 aliphatic heterocycles. The first-order valence-electron chi connectivity index (χ1n) is 2.74. The van der Waals surface area contributed by atoms with Crippen LogP contribution in [0.3, 0.4) is 0 Å². The van der Waals surface area contributed by atoms with Gasteiger partial charge in [-0.15, -0.1) is 0 Å². The molecule has 0 aliphatic rings. The lowest BCUT2D eigenvalue weighted by molar-refractivity contribution is 1.44. The maximum Gasteiger partial charge on any atom is 0.0446 e. The molecule has 0 unspecified atom stereocenters. The largest absolute Gasteiger partial charge is 0.0840 e. The quantitative estimate of drug-likeness (QED) is 0.538. The summed E-state index contributed by atoms with van der Waals surface area (Å²) in [5.74, 6) is 0. The van der Waals surface area contributed by atoms with Gasteiger partial charge in [0, 0.05) is 13.9 Å². The van der Waals surface area contributed by atoms with Gasteiger partial charge in [-0.1, -0.05) is 50.1 Å². The number of alkyl halides is 1. The summed E-state index contributed by atoms with van der Waals surface area (Å²) in [4.78, 5) is 0. The van der Waals surface area contributed by atoms with Crippen LogP contribution in [0.4, 0.5) is 0 Å². The van der Waals surface area contributed by atoms with Crippen LogP contribution in [-0.2, 0) is 4.43 Å². The molecule has 0 bridgehead atoms. The van der Waals surface area contributed by atoms with Crippen LogP contribution in [0, 0.1) is 0 Å². The Hall–Kier alpha value is 0.720. The molecule has 0 aromatic heterocycles. The van der Waals surface area contributed by atoms with Crippen LogP contribution >= 0.6 is 50.1 Å². The summed E-state index contributed by atoms with van der Waals surface area (Å²) in [6.45, 7) is 0. The average molecular weight is 331 g/mol. The first-order chi connectivity index (χ1) is 4.74. The van der Waals surface area contributed by atoms with Crippen LogP contribution in [0.15, 0.2) is 22.7 Å². The van der Waals surface area contributed by atoms with Gasteiger partial charge in [-0.05, 0) is 23.8 Å². The minimum Gasteiger partial charge on any atom is -0.0840 e. The average Bonchev–Trinajstić information content (AvgIpc) is 1.94. The molecule has 1 aromatic carbocycles. The van der Waals surface area contributed by atoms with Crippen LogP contribution in [0.1, 0.15) is 5.56 Å². The minimum atomic E-state index is 0.845. The van der Waals surface area contributed by atoms with Gasteiger partial charge >= 0.3 is 0 Å². The molecule has 0 spiro atoms. The lowest BCUT2D eigenvalue weighted by atomic mass is 10.2. The van der Waals surface area contributed by atoms with Gasteiger partial charge in [0.15, 0.2) is 0 Å². The van der Waals surface area contributed by atoms with Crippen LogP contribution < -0.4 is 0 Å². The highest BCUT2D eigenvalue weighted by molar-refractivity contribution is 14.1. The SMILES string of the molecule is Clc1ccc(Br)cc1CI. The smallest absolute Gasteiger partial charge is 0.0446 e. The Morgan fingerprint density at radius 3 is 2.70 bits per heavy atom. The highest BCUT2D eigenvalue weighted by Gasteiger charge is 1.97. The van der Waals surface area contributed by atoms with Crippen LogP contribution in [0.5, 0.6) is 0 Å².